The van der Waals surface area contributed by atoms with E-state index >= 15 is 0 Å². The van der Waals surface area contributed by atoms with Gasteiger partial charge in [-0.1, -0.05) is 6.07 Å². The highest BCUT2D eigenvalue weighted by Crippen LogP contribution is 2.48. The predicted molar refractivity (Wildman–Crippen MR) is 114 cm³/mol. The van der Waals surface area contributed by atoms with Gasteiger partial charge in [-0.3, -0.25) is 9.59 Å². The van der Waals surface area contributed by atoms with Crippen molar-refractivity contribution in [1.82, 2.24) is 19.4 Å². The SMILES string of the molecule is O=C(O)c1cnc2c(ccn2CC(=O)N2[C@@H]3C[C@@H]3C[C@H]2C(=O)Nc2cccc(Br)n2)c1. The van der Waals surface area contributed by atoms with Gasteiger partial charge >= 0.3 is 5.97 Å². The summed E-state index contributed by atoms with van der Waals surface area (Å²) in [5.74, 6) is -0.666. The van der Waals surface area contributed by atoms with Crippen LogP contribution >= 0.6 is 15.9 Å². The van der Waals surface area contributed by atoms with Crippen LogP contribution in [0.25, 0.3) is 11.0 Å². The number of nitrogens with zero attached hydrogens (tertiary/aromatic N) is 4. The predicted octanol–water partition coefficient (Wildman–Crippen LogP) is 2.52. The number of carboxylic acid groups (broad SMARTS) is 1. The molecule has 0 radical (unpaired) electrons. The molecule has 2 N–H and O–H groups in total. The lowest BCUT2D eigenvalue weighted by molar-refractivity contribution is -0.138. The second-order valence-corrected chi connectivity index (χ2v) is 8.65. The van der Waals surface area contributed by atoms with Gasteiger partial charge < -0.3 is 19.9 Å². The van der Waals surface area contributed by atoms with Gasteiger partial charge in [-0.2, -0.15) is 0 Å². The molecule has 0 aromatic carbocycles. The Labute approximate surface area is 185 Å². The minimum atomic E-state index is -1.05. The van der Waals surface area contributed by atoms with E-state index in [4.69, 9.17) is 5.11 Å². The largest absolute Gasteiger partial charge is 0.478 e. The number of nitrogens with one attached hydrogen (secondary N) is 1. The molecule has 1 saturated heterocycles. The number of rotatable bonds is 5. The van der Waals surface area contributed by atoms with Crippen LogP contribution in [0.1, 0.15) is 23.2 Å². The van der Waals surface area contributed by atoms with Crippen molar-refractivity contribution in [2.45, 2.75) is 31.5 Å². The molecule has 158 valence electrons. The van der Waals surface area contributed by atoms with Crippen LogP contribution in [0.3, 0.4) is 0 Å². The molecule has 1 aliphatic carbocycles. The van der Waals surface area contributed by atoms with E-state index in [0.29, 0.717) is 33.8 Å². The lowest BCUT2D eigenvalue weighted by Crippen LogP contribution is -2.46. The average Bonchev–Trinajstić information content (AvgIpc) is 3.21. The Morgan fingerprint density at radius 2 is 2.06 bits per heavy atom. The van der Waals surface area contributed by atoms with Crippen molar-refractivity contribution in [1.29, 1.82) is 0 Å². The van der Waals surface area contributed by atoms with Gasteiger partial charge in [0.15, 0.2) is 0 Å². The van der Waals surface area contributed by atoms with Crippen LogP contribution in [0.5, 0.6) is 0 Å². The third-order valence-electron chi connectivity index (χ3n) is 5.82. The highest BCUT2D eigenvalue weighted by atomic mass is 79.9. The quantitative estimate of drug-likeness (QED) is 0.538. The number of halogens is 1. The first-order valence-corrected chi connectivity index (χ1v) is 10.6. The van der Waals surface area contributed by atoms with Gasteiger partial charge in [0.05, 0.1) is 5.56 Å². The van der Waals surface area contributed by atoms with Crippen LogP contribution in [-0.2, 0) is 16.1 Å². The van der Waals surface area contributed by atoms with Crippen molar-refractivity contribution in [2.75, 3.05) is 5.32 Å². The summed E-state index contributed by atoms with van der Waals surface area (Å²) >= 11 is 3.28. The fourth-order valence-corrected chi connectivity index (χ4v) is 4.63. The number of carbonyl (C=O) groups excluding carboxylic acids is 2. The van der Waals surface area contributed by atoms with Crippen LogP contribution < -0.4 is 5.32 Å². The summed E-state index contributed by atoms with van der Waals surface area (Å²) < 4.78 is 2.30. The molecule has 2 aliphatic rings. The van der Waals surface area contributed by atoms with E-state index in [0.717, 1.165) is 6.42 Å². The summed E-state index contributed by atoms with van der Waals surface area (Å²) in [6.45, 7) is 0.0328. The van der Waals surface area contributed by atoms with Crippen molar-refractivity contribution in [3.8, 4) is 0 Å². The Bertz CT molecular complexity index is 1230. The van der Waals surface area contributed by atoms with Gasteiger partial charge in [0.25, 0.3) is 0 Å². The number of piperidine rings is 1. The fraction of sp³-hybridized carbons (Fsp3) is 0.286. The van der Waals surface area contributed by atoms with E-state index in [1.54, 1.807) is 39.9 Å². The molecule has 31 heavy (non-hydrogen) atoms. The lowest BCUT2D eigenvalue weighted by Gasteiger charge is -2.27. The molecule has 1 aliphatic heterocycles. The Morgan fingerprint density at radius 1 is 1.23 bits per heavy atom. The van der Waals surface area contributed by atoms with Crippen LogP contribution in [0.2, 0.25) is 0 Å². The van der Waals surface area contributed by atoms with Gasteiger partial charge in [0.1, 0.15) is 28.7 Å². The van der Waals surface area contributed by atoms with Crippen molar-refractivity contribution in [2.24, 2.45) is 5.92 Å². The minimum Gasteiger partial charge on any atom is -0.478 e. The molecular weight excluding hydrogens is 466 g/mol. The zero-order valence-electron chi connectivity index (χ0n) is 16.2. The molecule has 4 heterocycles. The molecule has 1 saturated carbocycles. The van der Waals surface area contributed by atoms with Crippen LogP contribution in [-0.4, -0.2) is 54.4 Å². The maximum absolute atomic E-state index is 13.2. The molecule has 0 bridgehead atoms. The van der Waals surface area contributed by atoms with Crippen LogP contribution in [0.15, 0.2) is 47.3 Å². The van der Waals surface area contributed by atoms with E-state index in [9.17, 15) is 14.4 Å². The molecule has 3 aromatic rings. The number of amides is 2. The number of aromatic nitrogens is 3. The smallest absolute Gasteiger partial charge is 0.337 e. The van der Waals surface area contributed by atoms with E-state index in [-0.39, 0.29) is 30.0 Å². The van der Waals surface area contributed by atoms with Gasteiger partial charge in [-0.25, -0.2) is 14.8 Å². The Morgan fingerprint density at radius 3 is 2.84 bits per heavy atom. The van der Waals surface area contributed by atoms with E-state index < -0.39 is 12.0 Å². The number of hydrogen-bond donors (Lipinski definition) is 2. The molecule has 3 atom stereocenters. The Kier molecular flexibility index (Phi) is 4.73. The third kappa shape index (κ3) is 3.67. The molecule has 0 spiro atoms. The first-order chi connectivity index (χ1) is 14.9. The summed E-state index contributed by atoms with van der Waals surface area (Å²) in [5, 5.41) is 12.6. The minimum absolute atomic E-state index is 0.0328. The van der Waals surface area contributed by atoms with E-state index in [1.807, 2.05) is 0 Å². The van der Waals surface area contributed by atoms with Gasteiger partial charge in [0, 0.05) is 23.8 Å². The van der Waals surface area contributed by atoms with Crippen molar-refractivity contribution < 1.29 is 19.5 Å². The number of carboxylic acids is 1. The zero-order chi connectivity index (χ0) is 21.7. The molecule has 5 rings (SSSR count). The highest BCUT2D eigenvalue weighted by Gasteiger charge is 2.56. The number of pyridine rings is 2. The van der Waals surface area contributed by atoms with Crippen LogP contribution in [0, 0.1) is 5.92 Å². The van der Waals surface area contributed by atoms with Gasteiger partial charge in [0.2, 0.25) is 11.8 Å². The van der Waals surface area contributed by atoms with E-state index in [2.05, 4.69) is 31.2 Å². The topological polar surface area (TPSA) is 117 Å². The number of hydrogen-bond acceptors (Lipinski definition) is 5. The third-order valence-corrected chi connectivity index (χ3v) is 6.26. The zero-order valence-corrected chi connectivity index (χ0v) is 17.8. The Hall–Kier alpha value is -3.27. The monoisotopic (exact) mass is 483 g/mol. The number of carbonyl (C=O) groups is 3. The molecule has 0 unspecified atom stereocenters. The van der Waals surface area contributed by atoms with Crippen molar-refractivity contribution in [3.05, 3.63) is 52.9 Å². The van der Waals surface area contributed by atoms with Crippen LogP contribution in [0.4, 0.5) is 5.82 Å². The summed E-state index contributed by atoms with van der Waals surface area (Å²) in [6.07, 6.45) is 4.54. The van der Waals surface area contributed by atoms with Crippen molar-refractivity contribution >= 4 is 50.6 Å². The highest BCUT2D eigenvalue weighted by molar-refractivity contribution is 9.10. The fourth-order valence-electron chi connectivity index (χ4n) is 4.29. The number of fused-ring (bicyclic) bond motifs is 2. The summed E-state index contributed by atoms with van der Waals surface area (Å²) in [5.41, 5.74) is 0.624. The molecule has 9 nitrogen and oxygen atoms in total. The summed E-state index contributed by atoms with van der Waals surface area (Å²) in [4.78, 5) is 47.3. The number of anilines is 1. The maximum Gasteiger partial charge on any atom is 0.337 e. The first-order valence-electron chi connectivity index (χ1n) is 9.83. The van der Waals surface area contributed by atoms with Crippen molar-refractivity contribution in [3.63, 3.8) is 0 Å². The average molecular weight is 484 g/mol. The second kappa shape index (κ2) is 7.45. The normalized spacial score (nSPS) is 21.7. The summed E-state index contributed by atoms with van der Waals surface area (Å²) in [6, 6.07) is 8.06. The van der Waals surface area contributed by atoms with Gasteiger partial charge in [-0.15, -0.1) is 0 Å². The molecular formula is C21H18BrN5O4. The second-order valence-electron chi connectivity index (χ2n) is 7.84. The number of aromatic carboxylic acids is 1. The molecule has 2 fully saturated rings. The maximum atomic E-state index is 13.2. The first kappa shape index (κ1) is 19.7. The van der Waals surface area contributed by atoms with E-state index in [1.165, 1.54) is 12.3 Å². The molecule has 10 heteroatoms. The summed E-state index contributed by atoms with van der Waals surface area (Å²) in [7, 11) is 0. The molecule has 2 amide bonds. The lowest BCUT2D eigenvalue weighted by atomic mass is 10.1. The van der Waals surface area contributed by atoms with Gasteiger partial charge in [-0.05, 0) is 59.0 Å². The Balaban J connectivity index is 1.34. The standard InChI is InChI=1S/C21H18BrN5O4/c22-16-2-1-3-17(24-16)25-20(29)15-8-12-7-14(12)27(15)18(28)10-26-5-4-11-6-13(21(30)31)9-23-19(11)26/h1-6,9,12,14-15H,7-8,10H2,(H,30,31)(H,24,25,29)/t12-,14-,15+/m1/s1. The molecule has 3 aromatic heterocycles. The number of likely N-dealkylation sites (tertiary alicyclic amines) is 1.